The van der Waals surface area contributed by atoms with Crippen LogP contribution in [0.2, 0.25) is 0 Å². The summed E-state index contributed by atoms with van der Waals surface area (Å²) in [6.45, 7) is 7.09. The van der Waals surface area contributed by atoms with E-state index in [1.165, 1.54) is 31.4 Å². The van der Waals surface area contributed by atoms with E-state index in [9.17, 15) is 18.0 Å². The van der Waals surface area contributed by atoms with Crippen LogP contribution < -0.4 is 9.50 Å². The minimum Gasteiger partial charge on any atom is -0.469 e. The summed E-state index contributed by atoms with van der Waals surface area (Å²) in [6.07, 6.45) is -0.384. The third-order valence-electron chi connectivity index (χ3n) is 4.28. The van der Waals surface area contributed by atoms with Gasteiger partial charge in [0.25, 0.3) is 0 Å². The van der Waals surface area contributed by atoms with E-state index in [-0.39, 0.29) is 17.1 Å². The number of rotatable bonds is 8. The lowest BCUT2D eigenvalue weighted by Crippen LogP contribution is -2.41. The van der Waals surface area contributed by atoms with Crippen molar-refractivity contribution in [3.63, 3.8) is 0 Å². The molecule has 2 aromatic rings. The van der Waals surface area contributed by atoms with Gasteiger partial charge in [-0.1, -0.05) is 29.8 Å². The molecular weight excluding hydrogens is 434 g/mol. The summed E-state index contributed by atoms with van der Waals surface area (Å²) in [4.78, 5) is 23.9. The first-order valence-corrected chi connectivity index (χ1v) is 11.5. The average Bonchev–Trinajstić information content (AvgIpc) is 2.68. The van der Waals surface area contributed by atoms with E-state index in [2.05, 4.69) is 5.32 Å². The van der Waals surface area contributed by atoms with Crippen LogP contribution >= 0.6 is 0 Å². The third kappa shape index (κ3) is 8.22. The molecule has 174 valence electrons. The minimum absolute atomic E-state index is 0.0458. The van der Waals surface area contributed by atoms with Crippen molar-refractivity contribution in [1.82, 2.24) is 5.32 Å². The van der Waals surface area contributed by atoms with Gasteiger partial charge in [0, 0.05) is 6.04 Å². The number of alkyl carbamates (subject to hydrolysis) is 1. The number of amides is 1. The predicted molar refractivity (Wildman–Crippen MR) is 119 cm³/mol. The van der Waals surface area contributed by atoms with Crippen molar-refractivity contribution < 1.29 is 31.7 Å². The van der Waals surface area contributed by atoms with Crippen molar-refractivity contribution in [3.05, 3.63) is 59.7 Å². The van der Waals surface area contributed by atoms with Gasteiger partial charge in [0.1, 0.15) is 16.2 Å². The van der Waals surface area contributed by atoms with Crippen molar-refractivity contribution >= 4 is 22.2 Å². The molecule has 0 aliphatic carbocycles. The molecule has 0 fully saturated rings. The Labute approximate surface area is 189 Å². The maximum atomic E-state index is 12.4. The standard InChI is InChI=1S/C23H29NO7S/c1-16-6-12-20(13-7-16)32(27,28)31-19-10-8-17(9-11-19)14-18(15-21(25)29-5)24-22(26)30-23(2,3)4/h6-13,18H,14-15H2,1-5H3,(H,24,26). The first kappa shape index (κ1) is 25.2. The first-order chi connectivity index (χ1) is 14.9. The maximum absolute atomic E-state index is 12.4. The molecule has 0 heterocycles. The third-order valence-corrected chi connectivity index (χ3v) is 5.54. The van der Waals surface area contributed by atoms with Gasteiger partial charge < -0.3 is 19.0 Å². The summed E-state index contributed by atoms with van der Waals surface area (Å²) in [5.41, 5.74) is 1.02. The Morgan fingerprint density at radius 1 is 1.00 bits per heavy atom. The molecule has 8 nitrogen and oxygen atoms in total. The summed E-state index contributed by atoms with van der Waals surface area (Å²) in [7, 11) is -2.68. The quantitative estimate of drug-likeness (QED) is 0.469. The average molecular weight is 464 g/mol. The van der Waals surface area contributed by atoms with Crippen LogP contribution in [0.1, 0.15) is 38.3 Å². The Morgan fingerprint density at radius 3 is 2.12 bits per heavy atom. The van der Waals surface area contributed by atoms with Crippen LogP contribution in [0.25, 0.3) is 0 Å². The molecule has 1 N–H and O–H groups in total. The van der Waals surface area contributed by atoms with E-state index in [1.54, 1.807) is 45.0 Å². The summed E-state index contributed by atoms with van der Waals surface area (Å²) in [5, 5.41) is 2.68. The highest BCUT2D eigenvalue weighted by atomic mass is 32.2. The van der Waals surface area contributed by atoms with E-state index in [1.807, 2.05) is 6.92 Å². The van der Waals surface area contributed by atoms with Crippen molar-refractivity contribution in [3.8, 4) is 5.75 Å². The monoisotopic (exact) mass is 463 g/mol. The molecule has 0 saturated heterocycles. The highest BCUT2D eigenvalue weighted by Crippen LogP contribution is 2.20. The van der Waals surface area contributed by atoms with Gasteiger partial charge in [0.05, 0.1) is 13.5 Å². The molecule has 0 bridgehead atoms. The van der Waals surface area contributed by atoms with E-state index in [0.717, 1.165) is 11.1 Å². The Morgan fingerprint density at radius 2 is 1.59 bits per heavy atom. The second-order valence-electron chi connectivity index (χ2n) is 8.32. The van der Waals surface area contributed by atoms with Crippen LogP contribution in [0, 0.1) is 6.92 Å². The van der Waals surface area contributed by atoms with E-state index in [4.69, 9.17) is 13.7 Å². The Hall–Kier alpha value is -3.07. The van der Waals surface area contributed by atoms with E-state index in [0.29, 0.717) is 6.42 Å². The van der Waals surface area contributed by atoms with Gasteiger partial charge >= 0.3 is 22.2 Å². The molecule has 0 aliphatic heterocycles. The van der Waals surface area contributed by atoms with Crippen LogP contribution in [0.3, 0.4) is 0 Å². The molecule has 9 heteroatoms. The van der Waals surface area contributed by atoms with Crippen molar-refractivity contribution in [2.24, 2.45) is 0 Å². The summed E-state index contributed by atoms with van der Waals surface area (Å²) in [6, 6.07) is 12.2. The molecule has 1 atom stereocenters. The van der Waals surface area contributed by atoms with Crippen LogP contribution in [-0.4, -0.2) is 39.2 Å². The number of nitrogens with one attached hydrogen (secondary N) is 1. The Bertz CT molecular complexity index is 1020. The zero-order valence-corrected chi connectivity index (χ0v) is 19.7. The second-order valence-corrected chi connectivity index (χ2v) is 9.87. The number of esters is 1. The molecule has 0 spiro atoms. The van der Waals surface area contributed by atoms with Crippen molar-refractivity contribution in [2.75, 3.05) is 7.11 Å². The molecule has 0 saturated carbocycles. The molecule has 2 aromatic carbocycles. The maximum Gasteiger partial charge on any atom is 0.407 e. The largest absolute Gasteiger partial charge is 0.469 e. The van der Waals surface area contributed by atoms with Gasteiger partial charge in [-0.2, -0.15) is 8.42 Å². The van der Waals surface area contributed by atoms with Gasteiger partial charge in [-0.25, -0.2) is 4.79 Å². The van der Waals surface area contributed by atoms with Gasteiger partial charge in [-0.3, -0.25) is 4.79 Å². The zero-order valence-electron chi connectivity index (χ0n) is 18.9. The number of benzene rings is 2. The fraction of sp³-hybridized carbons (Fsp3) is 0.391. The highest BCUT2D eigenvalue weighted by molar-refractivity contribution is 7.87. The smallest absolute Gasteiger partial charge is 0.407 e. The lowest BCUT2D eigenvalue weighted by Gasteiger charge is -2.23. The lowest BCUT2D eigenvalue weighted by molar-refractivity contribution is -0.141. The fourth-order valence-corrected chi connectivity index (χ4v) is 3.71. The van der Waals surface area contributed by atoms with Gasteiger partial charge in [-0.05, 0) is 63.9 Å². The number of hydrogen-bond acceptors (Lipinski definition) is 7. The van der Waals surface area contributed by atoms with Crippen LogP contribution in [-0.2, 0) is 30.8 Å². The summed E-state index contributed by atoms with van der Waals surface area (Å²) >= 11 is 0. The Balaban J connectivity index is 2.08. The number of carbonyl (C=O) groups excluding carboxylic acids is 2. The zero-order chi connectivity index (χ0) is 23.9. The SMILES string of the molecule is COC(=O)CC(Cc1ccc(OS(=O)(=O)c2ccc(C)cc2)cc1)NC(=O)OC(C)(C)C. The van der Waals surface area contributed by atoms with Crippen molar-refractivity contribution in [2.45, 2.75) is 57.1 Å². The Kier molecular flexibility index (Phi) is 8.26. The molecule has 1 amide bonds. The number of methoxy groups -OCH3 is 1. The molecule has 32 heavy (non-hydrogen) atoms. The normalized spacial score (nSPS) is 12.5. The van der Waals surface area contributed by atoms with Gasteiger partial charge in [0.2, 0.25) is 0 Å². The summed E-state index contributed by atoms with van der Waals surface area (Å²) in [5.74, 6) is -0.325. The van der Waals surface area contributed by atoms with Crippen LogP contribution in [0.4, 0.5) is 4.79 Å². The topological polar surface area (TPSA) is 108 Å². The molecular formula is C23H29NO7S. The first-order valence-electron chi connectivity index (χ1n) is 10.0. The van der Waals surface area contributed by atoms with E-state index >= 15 is 0 Å². The minimum atomic E-state index is -3.95. The fourth-order valence-electron chi connectivity index (χ4n) is 2.78. The predicted octanol–water partition coefficient (Wildman–Crippen LogP) is 3.76. The number of aryl methyl sites for hydroxylation is 1. The number of hydrogen-bond donors (Lipinski definition) is 1. The number of carbonyl (C=O) groups is 2. The van der Waals surface area contributed by atoms with Crippen LogP contribution in [0.5, 0.6) is 5.75 Å². The number of ether oxygens (including phenoxy) is 2. The van der Waals surface area contributed by atoms with Gasteiger partial charge in [0.15, 0.2) is 0 Å². The molecule has 1 unspecified atom stereocenters. The van der Waals surface area contributed by atoms with Gasteiger partial charge in [-0.15, -0.1) is 0 Å². The van der Waals surface area contributed by atoms with E-state index < -0.39 is 33.8 Å². The second kappa shape index (κ2) is 10.5. The lowest BCUT2D eigenvalue weighted by atomic mass is 10.0. The van der Waals surface area contributed by atoms with Crippen molar-refractivity contribution in [1.29, 1.82) is 0 Å². The molecule has 0 aromatic heterocycles. The summed E-state index contributed by atoms with van der Waals surface area (Å²) < 4.78 is 40.0. The highest BCUT2D eigenvalue weighted by Gasteiger charge is 2.22. The molecule has 2 rings (SSSR count). The molecule has 0 aliphatic rings. The molecule has 0 radical (unpaired) electrons. The van der Waals surface area contributed by atoms with Crippen LogP contribution in [0.15, 0.2) is 53.4 Å².